The highest BCUT2D eigenvalue weighted by Gasteiger charge is 2.19. The van der Waals surface area contributed by atoms with Gasteiger partial charge in [0.1, 0.15) is 34.7 Å². The van der Waals surface area contributed by atoms with Gasteiger partial charge in [0.05, 0.1) is 36.5 Å². The maximum Gasteiger partial charge on any atom is 0.310 e. The van der Waals surface area contributed by atoms with E-state index in [1.807, 2.05) is 69.3 Å². The van der Waals surface area contributed by atoms with Crippen LogP contribution in [0.25, 0.3) is 22.1 Å². The van der Waals surface area contributed by atoms with E-state index in [4.69, 9.17) is 18.3 Å². The molecule has 4 rings (SSSR count). The van der Waals surface area contributed by atoms with Crippen LogP contribution in [-0.4, -0.2) is 27.7 Å². The Kier molecular flexibility index (Phi) is 7.74. The Labute approximate surface area is 212 Å². The SMILES string of the molecule is CCOC(=O)Cc1ccccc1OCc1cc(-c2coc(C=N[S@@](=O)C(C)(C)C)c2)c2occc2c1. The fourth-order valence-electron chi connectivity index (χ4n) is 3.58. The Hall–Kier alpha value is -3.65. The van der Waals surface area contributed by atoms with Crippen LogP contribution in [0, 0.1) is 0 Å². The number of nitrogens with zero attached hydrogens (tertiary/aromatic N) is 1. The number of hydrogen-bond acceptors (Lipinski definition) is 6. The largest absolute Gasteiger partial charge is 0.489 e. The van der Waals surface area contributed by atoms with Crippen LogP contribution in [0.15, 0.2) is 74.3 Å². The predicted octanol–water partition coefficient (Wildman–Crippen LogP) is 6.26. The second-order valence-corrected chi connectivity index (χ2v) is 11.1. The third-order valence-electron chi connectivity index (χ3n) is 5.35. The van der Waals surface area contributed by atoms with Gasteiger partial charge in [-0.05, 0) is 63.6 Å². The summed E-state index contributed by atoms with van der Waals surface area (Å²) in [6.45, 7) is 8.02. The minimum absolute atomic E-state index is 0.148. The molecular formula is C28H29NO6S. The average Bonchev–Trinajstić information content (AvgIpc) is 3.50. The molecule has 2 heterocycles. The summed E-state index contributed by atoms with van der Waals surface area (Å²) in [6, 6.07) is 15.2. The van der Waals surface area contributed by atoms with Crippen LogP contribution in [0.5, 0.6) is 5.75 Å². The lowest BCUT2D eigenvalue weighted by molar-refractivity contribution is -0.142. The minimum Gasteiger partial charge on any atom is -0.489 e. The van der Waals surface area contributed by atoms with Crippen molar-refractivity contribution in [2.24, 2.45) is 4.40 Å². The Morgan fingerprint density at radius 1 is 1.11 bits per heavy atom. The first-order valence-electron chi connectivity index (χ1n) is 11.7. The van der Waals surface area contributed by atoms with E-state index in [1.54, 1.807) is 19.5 Å². The molecule has 0 radical (unpaired) electrons. The van der Waals surface area contributed by atoms with Crippen molar-refractivity contribution in [2.75, 3.05) is 6.61 Å². The summed E-state index contributed by atoms with van der Waals surface area (Å²) in [5.41, 5.74) is 4.07. The molecule has 0 saturated heterocycles. The number of rotatable bonds is 9. The fourth-order valence-corrected chi connectivity index (χ4v) is 4.10. The number of hydrogen-bond donors (Lipinski definition) is 0. The highest BCUT2D eigenvalue weighted by Crippen LogP contribution is 2.33. The van der Waals surface area contributed by atoms with E-state index >= 15 is 0 Å². The van der Waals surface area contributed by atoms with E-state index in [0.29, 0.717) is 24.7 Å². The molecule has 0 fully saturated rings. The maximum atomic E-state index is 12.2. The van der Waals surface area contributed by atoms with Crippen molar-refractivity contribution in [3.63, 3.8) is 0 Å². The maximum absolute atomic E-state index is 12.2. The lowest BCUT2D eigenvalue weighted by atomic mass is 10.0. The van der Waals surface area contributed by atoms with Gasteiger partial charge in [-0.25, -0.2) is 4.21 Å². The first-order valence-corrected chi connectivity index (χ1v) is 12.8. The Bertz CT molecular complexity index is 1410. The van der Waals surface area contributed by atoms with E-state index in [2.05, 4.69) is 4.40 Å². The van der Waals surface area contributed by atoms with Gasteiger partial charge in [0.2, 0.25) is 0 Å². The van der Waals surface area contributed by atoms with Crippen molar-refractivity contribution in [3.8, 4) is 16.9 Å². The van der Waals surface area contributed by atoms with Gasteiger partial charge in [-0.2, -0.15) is 4.40 Å². The molecule has 0 aliphatic carbocycles. The molecule has 7 nitrogen and oxygen atoms in total. The van der Waals surface area contributed by atoms with E-state index in [9.17, 15) is 9.00 Å². The van der Waals surface area contributed by atoms with Gasteiger partial charge in [-0.3, -0.25) is 4.79 Å². The van der Waals surface area contributed by atoms with Crippen molar-refractivity contribution in [1.29, 1.82) is 0 Å². The molecule has 0 N–H and O–H groups in total. The van der Waals surface area contributed by atoms with Crippen molar-refractivity contribution < 1.29 is 27.3 Å². The second kappa shape index (κ2) is 11.0. The molecule has 1 atom stereocenters. The number of furan rings is 2. The molecule has 0 unspecified atom stereocenters. The number of benzene rings is 2. The molecule has 188 valence electrons. The summed E-state index contributed by atoms with van der Waals surface area (Å²) in [5, 5.41) is 0.927. The predicted molar refractivity (Wildman–Crippen MR) is 141 cm³/mol. The summed E-state index contributed by atoms with van der Waals surface area (Å²) in [5.74, 6) is 0.839. The smallest absolute Gasteiger partial charge is 0.310 e. The molecule has 4 aromatic rings. The first-order chi connectivity index (χ1) is 17.2. The third-order valence-corrected chi connectivity index (χ3v) is 6.69. The van der Waals surface area contributed by atoms with Gasteiger partial charge < -0.3 is 18.3 Å². The van der Waals surface area contributed by atoms with Gasteiger partial charge >= 0.3 is 5.97 Å². The van der Waals surface area contributed by atoms with Crippen LogP contribution in [0.1, 0.15) is 44.6 Å². The van der Waals surface area contributed by atoms with Crippen LogP contribution in [0.4, 0.5) is 0 Å². The summed E-state index contributed by atoms with van der Waals surface area (Å²) < 4.78 is 38.5. The molecular weight excluding hydrogens is 478 g/mol. The molecule has 2 aromatic carbocycles. The number of carbonyl (C=O) groups is 1. The summed E-state index contributed by atoms with van der Waals surface area (Å²) >= 11 is 0. The zero-order valence-electron chi connectivity index (χ0n) is 20.8. The Morgan fingerprint density at radius 3 is 2.69 bits per heavy atom. The van der Waals surface area contributed by atoms with Crippen LogP contribution >= 0.6 is 0 Å². The monoisotopic (exact) mass is 507 g/mol. The number of esters is 1. The van der Waals surface area contributed by atoms with E-state index in [-0.39, 0.29) is 12.4 Å². The molecule has 2 aromatic heterocycles. The molecule has 0 aliphatic rings. The third kappa shape index (κ3) is 6.12. The van der Waals surface area contributed by atoms with Gasteiger partial charge in [0, 0.05) is 22.1 Å². The van der Waals surface area contributed by atoms with Crippen LogP contribution < -0.4 is 4.74 Å². The molecule has 0 spiro atoms. The second-order valence-electron chi connectivity index (χ2n) is 9.19. The van der Waals surface area contributed by atoms with Crippen molar-refractivity contribution >= 4 is 34.1 Å². The molecule has 8 heteroatoms. The number of ether oxygens (including phenoxy) is 2. The standard InChI is InChI=1S/C28H29NO6S/c1-5-32-26(30)15-20-8-6-7-9-25(20)35-17-19-12-21-10-11-33-27(21)24(13-19)22-14-23(34-18-22)16-29-36(31)28(2,3)4/h6-14,16,18H,5,15,17H2,1-4H3/t36-/m0/s1. The molecule has 0 amide bonds. The molecule has 0 bridgehead atoms. The Balaban J connectivity index is 1.57. The Morgan fingerprint density at radius 2 is 1.92 bits per heavy atom. The lowest BCUT2D eigenvalue weighted by Gasteiger charge is -2.12. The fraction of sp³-hybridized carbons (Fsp3) is 0.286. The zero-order chi connectivity index (χ0) is 25.7. The summed E-state index contributed by atoms with van der Waals surface area (Å²) in [4.78, 5) is 12.0. The van der Waals surface area contributed by atoms with E-state index in [0.717, 1.165) is 33.2 Å². The van der Waals surface area contributed by atoms with Crippen LogP contribution in [-0.2, 0) is 33.5 Å². The first kappa shape index (κ1) is 25.4. The normalized spacial score (nSPS) is 12.8. The van der Waals surface area contributed by atoms with Crippen molar-refractivity contribution in [2.45, 2.75) is 45.5 Å². The van der Waals surface area contributed by atoms with Gasteiger partial charge in [-0.15, -0.1) is 0 Å². The topological polar surface area (TPSA) is 91.2 Å². The molecule has 0 aliphatic heterocycles. The molecule has 36 heavy (non-hydrogen) atoms. The van der Waals surface area contributed by atoms with Gasteiger partial charge in [-0.1, -0.05) is 18.2 Å². The van der Waals surface area contributed by atoms with Crippen molar-refractivity contribution in [1.82, 2.24) is 0 Å². The lowest BCUT2D eigenvalue weighted by Crippen LogP contribution is -2.19. The minimum atomic E-state index is -1.38. The number of carbonyl (C=O) groups excluding carboxylic acids is 1. The van der Waals surface area contributed by atoms with Crippen LogP contribution in [0.2, 0.25) is 0 Å². The number of fused-ring (bicyclic) bond motifs is 1. The van der Waals surface area contributed by atoms with Gasteiger partial charge in [0.25, 0.3) is 0 Å². The highest BCUT2D eigenvalue weighted by molar-refractivity contribution is 7.85. The summed E-state index contributed by atoms with van der Waals surface area (Å²) in [6.07, 6.45) is 4.90. The van der Waals surface area contributed by atoms with Gasteiger partial charge in [0.15, 0.2) is 0 Å². The average molecular weight is 508 g/mol. The zero-order valence-corrected chi connectivity index (χ0v) is 21.6. The highest BCUT2D eigenvalue weighted by atomic mass is 32.2. The van der Waals surface area contributed by atoms with Crippen molar-refractivity contribution in [3.05, 3.63) is 77.9 Å². The van der Waals surface area contributed by atoms with E-state index in [1.165, 1.54) is 6.21 Å². The summed E-state index contributed by atoms with van der Waals surface area (Å²) in [7, 11) is -1.38. The van der Waals surface area contributed by atoms with E-state index < -0.39 is 15.7 Å². The number of para-hydroxylation sites is 1. The van der Waals surface area contributed by atoms with Crippen LogP contribution in [0.3, 0.4) is 0 Å². The quantitative estimate of drug-likeness (QED) is 0.196. The molecule has 0 saturated carbocycles.